The van der Waals surface area contributed by atoms with Gasteiger partial charge in [0.25, 0.3) is 0 Å². The maximum atomic E-state index is 12.8. The van der Waals surface area contributed by atoms with Crippen LogP contribution in [0.1, 0.15) is 24.1 Å². The smallest absolute Gasteiger partial charge is 0.123 e. The Morgan fingerprint density at radius 2 is 1.78 bits per heavy atom. The van der Waals surface area contributed by atoms with Gasteiger partial charge in [0.1, 0.15) is 5.82 Å². The van der Waals surface area contributed by atoms with Gasteiger partial charge in [-0.3, -0.25) is 0 Å². The van der Waals surface area contributed by atoms with Crippen LogP contribution in [0.25, 0.3) is 0 Å². The van der Waals surface area contributed by atoms with Crippen molar-refractivity contribution in [3.8, 4) is 0 Å². The molecule has 0 amide bonds. The van der Waals surface area contributed by atoms with Crippen molar-refractivity contribution in [2.45, 2.75) is 19.5 Å². The third-order valence-electron chi connectivity index (χ3n) is 2.93. The van der Waals surface area contributed by atoms with Crippen LogP contribution in [0.4, 0.5) is 4.39 Å². The molecule has 2 aromatic carbocycles. The van der Waals surface area contributed by atoms with E-state index in [2.05, 4.69) is 5.32 Å². The van der Waals surface area contributed by atoms with Crippen molar-refractivity contribution in [3.05, 3.63) is 70.5 Å². The average molecular weight is 264 g/mol. The summed E-state index contributed by atoms with van der Waals surface area (Å²) < 4.78 is 12.8. The van der Waals surface area contributed by atoms with Crippen LogP contribution in [0.3, 0.4) is 0 Å². The van der Waals surface area contributed by atoms with Gasteiger partial charge in [0, 0.05) is 17.6 Å². The molecule has 1 nitrogen and oxygen atoms in total. The van der Waals surface area contributed by atoms with E-state index in [1.54, 1.807) is 12.1 Å². The van der Waals surface area contributed by atoms with Crippen molar-refractivity contribution in [2.75, 3.05) is 0 Å². The molecule has 1 N–H and O–H groups in total. The Kier molecular flexibility index (Phi) is 4.34. The SMILES string of the molecule is C[C@@H](NCc1ccccc1Cl)c1ccc(F)cc1. The molecular weight excluding hydrogens is 249 g/mol. The van der Waals surface area contributed by atoms with Crippen molar-refractivity contribution in [3.63, 3.8) is 0 Å². The normalized spacial score (nSPS) is 12.4. The Labute approximate surface area is 112 Å². The Balaban J connectivity index is 1.98. The lowest BCUT2D eigenvalue weighted by Gasteiger charge is -2.14. The van der Waals surface area contributed by atoms with Gasteiger partial charge < -0.3 is 5.32 Å². The maximum Gasteiger partial charge on any atom is 0.123 e. The Morgan fingerprint density at radius 1 is 1.11 bits per heavy atom. The summed E-state index contributed by atoms with van der Waals surface area (Å²) in [6.07, 6.45) is 0. The average Bonchev–Trinajstić information content (AvgIpc) is 2.38. The second-order valence-corrected chi connectivity index (χ2v) is 4.65. The highest BCUT2D eigenvalue weighted by Crippen LogP contribution is 2.17. The zero-order valence-electron chi connectivity index (χ0n) is 10.2. The molecule has 18 heavy (non-hydrogen) atoms. The van der Waals surface area contributed by atoms with E-state index in [1.165, 1.54) is 12.1 Å². The highest BCUT2D eigenvalue weighted by atomic mass is 35.5. The topological polar surface area (TPSA) is 12.0 Å². The Bertz CT molecular complexity index is 510. The van der Waals surface area contributed by atoms with Crippen LogP contribution in [0.15, 0.2) is 48.5 Å². The third-order valence-corrected chi connectivity index (χ3v) is 3.30. The van der Waals surface area contributed by atoms with E-state index in [0.717, 1.165) is 16.1 Å². The van der Waals surface area contributed by atoms with Crippen molar-refractivity contribution < 1.29 is 4.39 Å². The van der Waals surface area contributed by atoms with Crippen LogP contribution >= 0.6 is 11.6 Å². The van der Waals surface area contributed by atoms with Gasteiger partial charge in [-0.2, -0.15) is 0 Å². The lowest BCUT2D eigenvalue weighted by Crippen LogP contribution is -2.18. The molecule has 0 saturated carbocycles. The summed E-state index contributed by atoms with van der Waals surface area (Å²) in [7, 11) is 0. The number of hydrogen-bond acceptors (Lipinski definition) is 1. The van der Waals surface area contributed by atoms with E-state index in [0.29, 0.717) is 6.54 Å². The zero-order valence-corrected chi connectivity index (χ0v) is 10.9. The first-order chi connectivity index (χ1) is 8.66. The van der Waals surface area contributed by atoms with Crippen LogP contribution in [0, 0.1) is 5.82 Å². The number of nitrogens with one attached hydrogen (secondary N) is 1. The van der Waals surface area contributed by atoms with E-state index in [9.17, 15) is 4.39 Å². The van der Waals surface area contributed by atoms with Gasteiger partial charge in [0.15, 0.2) is 0 Å². The molecule has 2 rings (SSSR count). The zero-order chi connectivity index (χ0) is 13.0. The molecule has 3 heteroatoms. The monoisotopic (exact) mass is 263 g/mol. The summed E-state index contributed by atoms with van der Waals surface area (Å²) in [6.45, 7) is 2.74. The van der Waals surface area contributed by atoms with Gasteiger partial charge in [0.2, 0.25) is 0 Å². The summed E-state index contributed by atoms with van der Waals surface area (Å²) in [4.78, 5) is 0. The fourth-order valence-electron chi connectivity index (χ4n) is 1.77. The molecule has 0 spiro atoms. The van der Waals surface area contributed by atoms with Gasteiger partial charge in [-0.1, -0.05) is 41.9 Å². The molecule has 0 radical (unpaired) electrons. The quantitative estimate of drug-likeness (QED) is 0.866. The summed E-state index contributed by atoms with van der Waals surface area (Å²) >= 11 is 6.08. The molecule has 94 valence electrons. The van der Waals surface area contributed by atoms with Crippen LogP contribution in [0.5, 0.6) is 0 Å². The minimum absolute atomic E-state index is 0.155. The number of hydrogen-bond donors (Lipinski definition) is 1. The van der Waals surface area contributed by atoms with Gasteiger partial charge in [-0.25, -0.2) is 4.39 Å². The fourth-order valence-corrected chi connectivity index (χ4v) is 1.98. The van der Waals surface area contributed by atoms with Crippen molar-refractivity contribution in [1.82, 2.24) is 5.32 Å². The summed E-state index contributed by atoms with van der Waals surface area (Å²) in [6, 6.07) is 14.4. The fraction of sp³-hybridized carbons (Fsp3) is 0.200. The maximum absolute atomic E-state index is 12.8. The van der Waals surface area contributed by atoms with Crippen LogP contribution < -0.4 is 5.32 Å². The van der Waals surface area contributed by atoms with Crippen LogP contribution in [-0.2, 0) is 6.54 Å². The molecular formula is C15H15ClFN. The minimum Gasteiger partial charge on any atom is -0.306 e. The predicted octanol–water partition coefficient (Wildman–Crippen LogP) is 4.33. The van der Waals surface area contributed by atoms with E-state index in [4.69, 9.17) is 11.6 Å². The number of rotatable bonds is 4. The molecule has 0 unspecified atom stereocenters. The standard InChI is InChI=1S/C15H15ClFN/c1-11(12-6-8-14(17)9-7-12)18-10-13-4-2-3-5-15(13)16/h2-9,11,18H,10H2,1H3/t11-/m1/s1. The van der Waals surface area contributed by atoms with E-state index >= 15 is 0 Å². The first-order valence-electron chi connectivity index (χ1n) is 5.89. The van der Waals surface area contributed by atoms with Crippen molar-refractivity contribution >= 4 is 11.6 Å². The second-order valence-electron chi connectivity index (χ2n) is 4.25. The minimum atomic E-state index is -0.211. The van der Waals surface area contributed by atoms with E-state index in [-0.39, 0.29) is 11.9 Å². The predicted molar refractivity (Wildman–Crippen MR) is 73.1 cm³/mol. The highest BCUT2D eigenvalue weighted by molar-refractivity contribution is 6.31. The van der Waals surface area contributed by atoms with Crippen LogP contribution in [0.2, 0.25) is 5.02 Å². The molecule has 0 fully saturated rings. The summed E-state index contributed by atoms with van der Waals surface area (Å²) in [5.74, 6) is -0.211. The first kappa shape index (κ1) is 13.1. The molecule has 0 aliphatic heterocycles. The van der Waals surface area contributed by atoms with Crippen LogP contribution in [-0.4, -0.2) is 0 Å². The molecule has 2 aromatic rings. The second kappa shape index (κ2) is 5.98. The first-order valence-corrected chi connectivity index (χ1v) is 6.27. The molecule has 0 bridgehead atoms. The van der Waals surface area contributed by atoms with Crippen molar-refractivity contribution in [2.24, 2.45) is 0 Å². The van der Waals surface area contributed by atoms with Gasteiger partial charge in [-0.05, 0) is 36.2 Å². The van der Waals surface area contributed by atoms with E-state index < -0.39 is 0 Å². The molecule has 0 saturated heterocycles. The van der Waals surface area contributed by atoms with Gasteiger partial charge >= 0.3 is 0 Å². The molecule has 0 heterocycles. The number of halogens is 2. The molecule has 1 atom stereocenters. The Morgan fingerprint density at radius 3 is 2.44 bits per heavy atom. The molecule has 0 aliphatic rings. The molecule has 0 aromatic heterocycles. The lowest BCUT2D eigenvalue weighted by atomic mass is 10.1. The molecule has 0 aliphatic carbocycles. The Hall–Kier alpha value is -1.38. The summed E-state index contributed by atoms with van der Waals surface area (Å²) in [5, 5.41) is 4.13. The lowest BCUT2D eigenvalue weighted by molar-refractivity contribution is 0.571. The van der Waals surface area contributed by atoms with Gasteiger partial charge in [0.05, 0.1) is 0 Å². The van der Waals surface area contributed by atoms with Gasteiger partial charge in [-0.15, -0.1) is 0 Å². The third kappa shape index (κ3) is 3.31. The highest BCUT2D eigenvalue weighted by Gasteiger charge is 2.06. The largest absolute Gasteiger partial charge is 0.306 e. The summed E-state index contributed by atoms with van der Waals surface area (Å²) in [5.41, 5.74) is 2.12. The van der Waals surface area contributed by atoms with E-state index in [1.807, 2.05) is 31.2 Å². The number of benzene rings is 2. The van der Waals surface area contributed by atoms with Crippen molar-refractivity contribution in [1.29, 1.82) is 0 Å².